The second-order valence-corrected chi connectivity index (χ2v) is 6.01. The van der Waals surface area contributed by atoms with Crippen molar-refractivity contribution in [1.29, 1.82) is 0 Å². The molecule has 1 aromatic rings. The Kier molecular flexibility index (Phi) is 3.18. The summed E-state index contributed by atoms with van der Waals surface area (Å²) in [6.07, 6.45) is 2.39. The van der Waals surface area contributed by atoms with Gasteiger partial charge in [0.25, 0.3) is 5.91 Å². The first-order chi connectivity index (χ1) is 7.59. The van der Waals surface area contributed by atoms with Crippen molar-refractivity contribution in [2.24, 2.45) is 0 Å². The average Bonchev–Trinajstić information content (AvgIpc) is 2.85. The zero-order chi connectivity index (χ0) is 11.6. The van der Waals surface area contributed by atoms with Gasteiger partial charge in [-0.15, -0.1) is 5.10 Å². The van der Waals surface area contributed by atoms with Crippen LogP contribution in [0.4, 0.5) is 0 Å². The maximum atomic E-state index is 11.7. The van der Waals surface area contributed by atoms with Crippen LogP contribution in [0.3, 0.4) is 0 Å². The van der Waals surface area contributed by atoms with Crippen molar-refractivity contribution in [1.82, 2.24) is 20.5 Å². The third-order valence-electron chi connectivity index (χ3n) is 2.72. The zero-order valence-electron chi connectivity index (χ0n) is 9.54. The average molecular weight is 240 g/mol. The molecule has 88 valence electrons. The molecule has 0 spiro atoms. The molecule has 2 heterocycles. The highest BCUT2D eigenvalue weighted by Gasteiger charge is 2.30. The Balaban J connectivity index is 1.88. The fourth-order valence-corrected chi connectivity index (χ4v) is 3.01. The summed E-state index contributed by atoms with van der Waals surface area (Å²) >= 11 is 1.92. The van der Waals surface area contributed by atoms with E-state index in [1.54, 1.807) is 6.92 Å². The van der Waals surface area contributed by atoms with Crippen LogP contribution in [0, 0.1) is 6.92 Å². The molecule has 6 heteroatoms. The maximum absolute atomic E-state index is 11.7. The highest BCUT2D eigenvalue weighted by atomic mass is 32.2. The number of hydrogen-bond donors (Lipinski definition) is 2. The van der Waals surface area contributed by atoms with E-state index in [-0.39, 0.29) is 16.5 Å². The summed E-state index contributed by atoms with van der Waals surface area (Å²) in [4.78, 5) is 15.7. The molecule has 1 aromatic heterocycles. The number of carbonyl (C=O) groups is 1. The third kappa shape index (κ3) is 2.55. The van der Waals surface area contributed by atoms with Gasteiger partial charge in [0.15, 0.2) is 0 Å². The Bertz CT molecular complexity index is 384. The van der Waals surface area contributed by atoms with Crippen molar-refractivity contribution in [2.75, 3.05) is 12.3 Å². The molecule has 0 saturated carbocycles. The van der Waals surface area contributed by atoms with Gasteiger partial charge in [-0.05, 0) is 32.4 Å². The van der Waals surface area contributed by atoms with Gasteiger partial charge < -0.3 is 5.32 Å². The van der Waals surface area contributed by atoms with E-state index in [1.807, 2.05) is 11.8 Å². The van der Waals surface area contributed by atoms with Crippen LogP contribution in [0.5, 0.6) is 0 Å². The standard InChI is InChI=1S/C10H16N4OS/c1-7-12-8(14-13-7)9(15)11-6-10(2)4-3-5-16-10/h3-6H2,1-2H3,(H,11,15)(H,12,13,14). The zero-order valence-corrected chi connectivity index (χ0v) is 10.4. The van der Waals surface area contributed by atoms with Crippen molar-refractivity contribution in [3.05, 3.63) is 11.6 Å². The van der Waals surface area contributed by atoms with E-state index in [4.69, 9.17) is 0 Å². The first-order valence-corrected chi connectivity index (χ1v) is 6.39. The van der Waals surface area contributed by atoms with Gasteiger partial charge in [0.05, 0.1) is 0 Å². The van der Waals surface area contributed by atoms with E-state index >= 15 is 0 Å². The van der Waals surface area contributed by atoms with Crippen LogP contribution in [0.15, 0.2) is 0 Å². The van der Waals surface area contributed by atoms with Crippen molar-refractivity contribution >= 4 is 17.7 Å². The molecule has 2 N–H and O–H groups in total. The van der Waals surface area contributed by atoms with Crippen LogP contribution in [-0.2, 0) is 0 Å². The smallest absolute Gasteiger partial charge is 0.291 e. The van der Waals surface area contributed by atoms with Gasteiger partial charge in [0, 0.05) is 11.3 Å². The number of hydrogen-bond acceptors (Lipinski definition) is 4. The number of nitrogens with one attached hydrogen (secondary N) is 2. The summed E-state index contributed by atoms with van der Waals surface area (Å²) in [5.41, 5.74) is 0. The summed E-state index contributed by atoms with van der Waals surface area (Å²) in [7, 11) is 0. The molecule has 1 unspecified atom stereocenters. The first kappa shape index (κ1) is 11.4. The summed E-state index contributed by atoms with van der Waals surface area (Å²) in [5, 5.41) is 9.38. The number of rotatable bonds is 3. The lowest BCUT2D eigenvalue weighted by Gasteiger charge is -2.22. The number of amides is 1. The van der Waals surface area contributed by atoms with E-state index < -0.39 is 0 Å². The molecule has 2 rings (SSSR count). The van der Waals surface area contributed by atoms with Gasteiger partial charge in [-0.2, -0.15) is 11.8 Å². The molecule has 16 heavy (non-hydrogen) atoms. The van der Waals surface area contributed by atoms with E-state index in [0.29, 0.717) is 12.4 Å². The van der Waals surface area contributed by atoms with E-state index in [2.05, 4.69) is 27.4 Å². The molecule has 1 aliphatic rings. The van der Waals surface area contributed by atoms with Gasteiger partial charge in [0.1, 0.15) is 5.82 Å². The number of H-pyrrole nitrogens is 1. The van der Waals surface area contributed by atoms with Crippen molar-refractivity contribution in [3.63, 3.8) is 0 Å². The molecule has 0 aromatic carbocycles. The Morgan fingerprint density at radius 1 is 1.69 bits per heavy atom. The van der Waals surface area contributed by atoms with Crippen LogP contribution < -0.4 is 5.32 Å². The minimum Gasteiger partial charge on any atom is -0.348 e. The molecular formula is C10H16N4OS. The molecule has 1 atom stereocenters. The summed E-state index contributed by atoms with van der Waals surface area (Å²) in [6, 6.07) is 0. The Labute approximate surface area is 98.8 Å². The molecule has 1 amide bonds. The third-order valence-corrected chi connectivity index (χ3v) is 4.26. The molecule has 1 saturated heterocycles. The minimum atomic E-state index is -0.196. The van der Waals surface area contributed by atoms with Crippen molar-refractivity contribution < 1.29 is 4.79 Å². The van der Waals surface area contributed by atoms with Crippen LogP contribution in [0.1, 0.15) is 36.2 Å². The Morgan fingerprint density at radius 3 is 3.06 bits per heavy atom. The second kappa shape index (κ2) is 4.45. The van der Waals surface area contributed by atoms with Crippen LogP contribution in [0.2, 0.25) is 0 Å². The maximum Gasteiger partial charge on any atom is 0.291 e. The van der Waals surface area contributed by atoms with Gasteiger partial charge in [0.2, 0.25) is 5.82 Å². The monoisotopic (exact) mass is 240 g/mol. The number of aryl methyl sites for hydroxylation is 1. The molecule has 0 bridgehead atoms. The molecular weight excluding hydrogens is 224 g/mol. The van der Waals surface area contributed by atoms with Gasteiger partial charge in [-0.25, -0.2) is 4.98 Å². The van der Waals surface area contributed by atoms with Gasteiger partial charge in [-0.1, -0.05) is 0 Å². The fraction of sp³-hybridized carbons (Fsp3) is 0.700. The highest BCUT2D eigenvalue weighted by molar-refractivity contribution is 8.00. The number of aromatic amines is 1. The lowest BCUT2D eigenvalue weighted by Crippen LogP contribution is -2.37. The topological polar surface area (TPSA) is 70.7 Å². The van der Waals surface area contributed by atoms with Crippen LogP contribution in [-0.4, -0.2) is 38.1 Å². The number of nitrogens with zero attached hydrogens (tertiary/aromatic N) is 2. The fourth-order valence-electron chi connectivity index (χ4n) is 1.77. The molecule has 1 fully saturated rings. The Morgan fingerprint density at radius 2 is 2.50 bits per heavy atom. The highest BCUT2D eigenvalue weighted by Crippen LogP contribution is 2.36. The SMILES string of the molecule is Cc1nc(C(=O)NCC2(C)CCCS2)n[nH]1. The number of aromatic nitrogens is 3. The van der Waals surface area contributed by atoms with E-state index in [0.717, 1.165) is 6.42 Å². The van der Waals surface area contributed by atoms with Crippen LogP contribution >= 0.6 is 11.8 Å². The number of carbonyl (C=O) groups excluding carboxylic acids is 1. The van der Waals surface area contributed by atoms with Gasteiger partial charge in [-0.3, -0.25) is 9.89 Å². The Hall–Kier alpha value is -1.04. The number of thioether (sulfide) groups is 1. The van der Waals surface area contributed by atoms with E-state index in [9.17, 15) is 4.79 Å². The predicted molar refractivity (Wildman–Crippen MR) is 63.5 cm³/mol. The van der Waals surface area contributed by atoms with E-state index in [1.165, 1.54) is 12.2 Å². The summed E-state index contributed by atoms with van der Waals surface area (Å²) in [5.74, 6) is 1.88. The predicted octanol–water partition coefficient (Wildman–Crippen LogP) is 1.13. The lowest BCUT2D eigenvalue weighted by atomic mass is 10.1. The lowest BCUT2D eigenvalue weighted by molar-refractivity contribution is 0.0940. The minimum absolute atomic E-state index is 0.182. The molecule has 0 aliphatic carbocycles. The van der Waals surface area contributed by atoms with Crippen molar-refractivity contribution in [2.45, 2.75) is 31.4 Å². The first-order valence-electron chi connectivity index (χ1n) is 5.40. The normalized spacial score (nSPS) is 24.6. The van der Waals surface area contributed by atoms with Crippen molar-refractivity contribution in [3.8, 4) is 0 Å². The summed E-state index contributed by atoms with van der Waals surface area (Å²) < 4.78 is 0.182. The second-order valence-electron chi connectivity index (χ2n) is 4.33. The molecule has 0 radical (unpaired) electrons. The largest absolute Gasteiger partial charge is 0.348 e. The molecule has 1 aliphatic heterocycles. The quantitative estimate of drug-likeness (QED) is 0.831. The summed E-state index contributed by atoms with van der Waals surface area (Å²) in [6.45, 7) is 4.65. The van der Waals surface area contributed by atoms with Crippen LogP contribution in [0.25, 0.3) is 0 Å². The molecule has 5 nitrogen and oxygen atoms in total. The van der Waals surface area contributed by atoms with Gasteiger partial charge >= 0.3 is 0 Å².